The molecule has 2 amide bonds. The van der Waals surface area contributed by atoms with Gasteiger partial charge >= 0.3 is 5.97 Å². The Bertz CT molecular complexity index is 685. The summed E-state index contributed by atoms with van der Waals surface area (Å²) in [5.74, 6) is -0.164. The van der Waals surface area contributed by atoms with E-state index in [1.54, 1.807) is 24.3 Å². The summed E-state index contributed by atoms with van der Waals surface area (Å²) in [6.07, 6.45) is 3.88. The Labute approximate surface area is 141 Å². The molecule has 5 heteroatoms. The van der Waals surface area contributed by atoms with Crippen LogP contribution in [0.25, 0.3) is 0 Å². The summed E-state index contributed by atoms with van der Waals surface area (Å²) >= 11 is 0. The van der Waals surface area contributed by atoms with Crippen molar-refractivity contribution in [3.8, 4) is 0 Å². The minimum Gasteiger partial charge on any atom is -0.462 e. The summed E-state index contributed by atoms with van der Waals surface area (Å²) in [4.78, 5) is 39.0. The zero-order valence-corrected chi connectivity index (χ0v) is 13.7. The Morgan fingerprint density at radius 2 is 1.83 bits per heavy atom. The highest BCUT2D eigenvalue weighted by atomic mass is 16.5. The second-order valence-corrected chi connectivity index (χ2v) is 7.08. The van der Waals surface area contributed by atoms with Gasteiger partial charge in [0, 0.05) is 0 Å². The molecule has 2 bridgehead atoms. The maximum Gasteiger partial charge on any atom is 0.338 e. The zero-order valence-electron chi connectivity index (χ0n) is 13.7. The minimum absolute atomic E-state index is 0.0868. The number of carbonyl (C=O) groups excluding carboxylic acids is 3. The van der Waals surface area contributed by atoms with Crippen LogP contribution in [-0.2, 0) is 14.3 Å². The molecule has 3 fully saturated rings. The molecule has 1 aromatic rings. The topological polar surface area (TPSA) is 63.7 Å². The van der Waals surface area contributed by atoms with E-state index in [9.17, 15) is 14.4 Å². The number of rotatable bonds is 4. The quantitative estimate of drug-likeness (QED) is 0.630. The van der Waals surface area contributed by atoms with Gasteiger partial charge in [-0.25, -0.2) is 4.79 Å². The summed E-state index contributed by atoms with van der Waals surface area (Å²) in [6.45, 7) is 2.29. The van der Waals surface area contributed by atoms with Crippen molar-refractivity contribution in [1.29, 1.82) is 0 Å². The van der Waals surface area contributed by atoms with Crippen LogP contribution in [0.5, 0.6) is 0 Å². The van der Waals surface area contributed by atoms with Gasteiger partial charge in [-0.2, -0.15) is 0 Å². The van der Waals surface area contributed by atoms with Gasteiger partial charge in [0.1, 0.15) is 0 Å². The Balaban J connectivity index is 1.61. The van der Waals surface area contributed by atoms with E-state index in [0.717, 1.165) is 25.7 Å². The second-order valence-electron chi connectivity index (χ2n) is 7.08. The number of esters is 1. The summed E-state index contributed by atoms with van der Waals surface area (Å²) in [5, 5.41) is 0. The molecule has 1 saturated heterocycles. The van der Waals surface area contributed by atoms with Crippen LogP contribution in [0.4, 0.5) is 5.69 Å². The van der Waals surface area contributed by atoms with Gasteiger partial charge in [-0.05, 0) is 55.7 Å². The Morgan fingerprint density at radius 1 is 1.17 bits per heavy atom. The van der Waals surface area contributed by atoms with Crippen molar-refractivity contribution >= 4 is 23.5 Å². The number of hydrogen-bond acceptors (Lipinski definition) is 4. The van der Waals surface area contributed by atoms with Gasteiger partial charge in [-0.1, -0.05) is 13.0 Å². The van der Waals surface area contributed by atoms with E-state index in [1.807, 2.05) is 6.92 Å². The van der Waals surface area contributed by atoms with Crippen molar-refractivity contribution in [2.75, 3.05) is 11.5 Å². The SMILES string of the molecule is CCCOC(=O)c1cccc(N2C(=O)[C@@H]3[C@H]4CC[C@@H](C4)[C@H]3C2=O)c1. The number of ether oxygens (including phenoxy) is 1. The first kappa shape index (κ1) is 15.4. The van der Waals surface area contributed by atoms with Crippen molar-refractivity contribution in [3.05, 3.63) is 29.8 Å². The molecule has 4 atom stereocenters. The van der Waals surface area contributed by atoms with E-state index >= 15 is 0 Å². The fraction of sp³-hybridized carbons (Fsp3) is 0.526. The number of anilines is 1. The molecule has 1 aliphatic heterocycles. The van der Waals surface area contributed by atoms with E-state index in [2.05, 4.69) is 0 Å². The first-order chi connectivity index (χ1) is 11.6. The van der Waals surface area contributed by atoms with E-state index in [-0.39, 0.29) is 23.7 Å². The fourth-order valence-corrected chi connectivity index (χ4v) is 4.71. The number of carbonyl (C=O) groups is 3. The lowest BCUT2D eigenvalue weighted by Gasteiger charge is -2.19. The van der Waals surface area contributed by atoms with Gasteiger partial charge < -0.3 is 4.74 Å². The van der Waals surface area contributed by atoms with Crippen molar-refractivity contribution in [2.45, 2.75) is 32.6 Å². The third kappa shape index (κ3) is 2.18. The van der Waals surface area contributed by atoms with Crippen molar-refractivity contribution in [2.24, 2.45) is 23.7 Å². The van der Waals surface area contributed by atoms with Crippen LogP contribution >= 0.6 is 0 Å². The van der Waals surface area contributed by atoms with E-state index in [0.29, 0.717) is 29.7 Å². The van der Waals surface area contributed by atoms with Crippen LogP contribution in [0.1, 0.15) is 43.0 Å². The van der Waals surface area contributed by atoms with Gasteiger partial charge in [0.2, 0.25) is 11.8 Å². The molecule has 5 nitrogen and oxygen atoms in total. The number of nitrogens with zero attached hydrogens (tertiary/aromatic N) is 1. The van der Waals surface area contributed by atoms with Gasteiger partial charge in [-0.3, -0.25) is 14.5 Å². The molecule has 0 N–H and O–H groups in total. The lowest BCUT2D eigenvalue weighted by Crippen LogP contribution is -2.32. The molecule has 126 valence electrons. The summed E-state index contributed by atoms with van der Waals surface area (Å²) < 4.78 is 5.14. The highest BCUT2D eigenvalue weighted by molar-refractivity contribution is 6.22. The number of fused-ring (bicyclic) bond motifs is 5. The highest BCUT2D eigenvalue weighted by Crippen LogP contribution is 2.56. The fourth-order valence-electron chi connectivity index (χ4n) is 4.71. The molecule has 0 aromatic heterocycles. The lowest BCUT2D eigenvalue weighted by atomic mass is 9.81. The van der Waals surface area contributed by atoms with E-state index < -0.39 is 5.97 Å². The molecule has 0 spiro atoms. The maximum atomic E-state index is 12.8. The molecule has 2 saturated carbocycles. The lowest BCUT2D eigenvalue weighted by molar-refractivity contribution is -0.123. The van der Waals surface area contributed by atoms with Crippen LogP contribution < -0.4 is 4.90 Å². The Kier molecular flexibility index (Phi) is 3.66. The van der Waals surface area contributed by atoms with Crippen molar-refractivity contribution in [3.63, 3.8) is 0 Å². The van der Waals surface area contributed by atoms with E-state index in [1.165, 1.54) is 4.90 Å². The minimum atomic E-state index is -0.418. The Hall–Kier alpha value is -2.17. The third-order valence-corrected chi connectivity index (χ3v) is 5.70. The van der Waals surface area contributed by atoms with Crippen LogP contribution in [0.15, 0.2) is 24.3 Å². The smallest absolute Gasteiger partial charge is 0.338 e. The average Bonchev–Trinajstić information content (AvgIpc) is 3.27. The largest absolute Gasteiger partial charge is 0.462 e. The zero-order chi connectivity index (χ0) is 16.8. The molecular weight excluding hydrogens is 306 g/mol. The van der Waals surface area contributed by atoms with Crippen LogP contribution in [0.3, 0.4) is 0 Å². The number of hydrogen-bond donors (Lipinski definition) is 0. The number of imide groups is 1. The van der Waals surface area contributed by atoms with Crippen molar-refractivity contribution < 1.29 is 19.1 Å². The van der Waals surface area contributed by atoms with Crippen molar-refractivity contribution in [1.82, 2.24) is 0 Å². The predicted octanol–water partition coefficient (Wildman–Crippen LogP) is 2.79. The molecule has 24 heavy (non-hydrogen) atoms. The summed E-state index contributed by atoms with van der Waals surface area (Å²) in [7, 11) is 0. The number of benzene rings is 1. The van der Waals surface area contributed by atoms with Gasteiger partial charge in [0.15, 0.2) is 0 Å². The average molecular weight is 327 g/mol. The molecule has 4 rings (SSSR count). The molecule has 3 aliphatic rings. The molecule has 1 heterocycles. The molecular formula is C19H21NO4. The van der Waals surface area contributed by atoms with Crippen LogP contribution in [0, 0.1) is 23.7 Å². The second kappa shape index (κ2) is 5.72. The maximum absolute atomic E-state index is 12.8. The summed E-state index contributed by atoms with van der Waals surface area (Å²) in [5.41, 5.74) is 0.867. The van der Waals surface area contributed by atoms with Crippen LogP contribution in [-0.4, -0.2) is 24.4 Å². The normalized spacial score (nSPS) is 30.8. The predicted molar refractivity (Wildman–Crippen MR) is 87.3 cm³/mol. The first-order valence-electron chi connectivity index (χ1n) is 8.76. The van der Waals surface area contributed by atoms with Gasteiger partial charge in [0.05, 0.1) is 29.7 Å². The molecule has 0 radical (unpaired) electrons. The third-order valence-electron chi connectivity index (χ3n) is 5.70. The monoisotopic (exact) mass is 327 g/mol. The molecule has 1 aromatic carbocycles. The molecule has 0 unspecified atom stereocenters. The Morgan fingerprint density at radius 3 is 2.46 bits per heavy atom. The van der Waals surface area contributed by atoms with E-state index in [4.69, 9.17) is 4.74 Å². The first-order valence-corrected chi connectivity index (χ1v) is 8.76. The number of amides is 2. The standard InChI is InChI=1S/C19H21NO4/c1-2-8-24-19(23)13-4-3-5-14(10-13)20-17(21)15-11-6-7-12(9-11)16(15)18(20)22/h3-5,10-12,15-16H,2,6-9H2,1H3/t11-,12-,15+,16+/m0/s1. The highest BCUT2D eigenvalue weighted by Gasteiger charge is 2.61. The van der Waals surface area contributed by atoms with Gasteiger partial charge in [0.25, 0.3) is 0 Å². The van der Waals surface area contributed by atoms with Gasteiger partial charge in [-0.15, -0.1) is 0 Å². The molecule has 2 aliphatic carbocycles. The van der Waals surface area contributed by atoms with Crippen LogP contribution in [0.2, 0.25) is 0 Å². The summed E-state index contributed by atoms with van der Waals surface area (Å²) in [6, 6.07) is 6.66.